The van der Waals surface area contributed by atoms with Gasteiger partial charge in [-0.05, 0) is 37.5 Å². The second-order valence-corrected chi connectivity index (χ2v) is 3.40. The molecule has 0 N–H and O–H groups in total. The van der Waals surface area contributed by atoms with Crippen molar-refractivity contribution < 1.29 is 4.52 Å². The third kappa shape index (κ3) is 2.32. The summed E-state index contributed by atoms with van der Waals surface area (Å²) >= 11 is 0. The maximum atomic E-state index is 5.23. The molecule has 0 aliphatic carbocycles. The number of hydrogen-bond donors (Lipinski definition) is 0. The van der Waals surface area contributed by atoms with Crippen molar-refractivity contribution in [2.45, 2.75) is 20.3 Å². The van der Waals surface area contributed by atoms with Crippen LogP contribution in [0.4, 0.5) is 0 Å². The van der Waals surface area contributed by atoms with E-state index in [0.717, 1.165) is 12.2 Å². The molecular weight excluding hydrogens is 179 g/mol. The van der Waals surface area contributed by atoms with Crippen molar-refractivity contribution in [3.8, 4) is 5.75 Å². The summed E-state index contributed by atoms with van der Waals surface area (Å²) in [5.41, 5.74) is 3.70. The average Bonchev–Trinajstić information content (AvgIpc) is 2.09. The van der Waals surface area contributed by atoms with Gasteiger partial charge in [0.2, 0.25) is 0 Å². The topological polar surface area (TPSA) is 9.23 Å². The van der Waals surface area contributed by atoms with Gasteiger partial charge in [-0.2, -0.15) is 0 Å². The maximum Gasteiger partial charge on any atom is 0.126 e. The van der Waals surface area contributed by atoms with Crippen LogP contribution in [0.3, 0.4) is 0 Å². The van der Waals surface area contributed by atoms with Gasteiger partial charge in [-0.15, -0.1) is 6.58 Å². The fourth-order valence-electron chi connectivity index (χ4n) is 1.47. The molecule has 0 heterocycles. The highest BCUT2D eigenvalue weighted by atomic mass is 31.0. The molecule has 0 aliphatic heterocycles. The van der Waals surface area contributed by atoms with Gasteiger partial charge in [0, 0.05) is 5.56 Å². The van der Waals surface area contributed by atoms with Crippen LogP contribution in [-0.2, 0) is 6.42 Å². The molecule has 0 aromatic heterocycles. The Hall–Kier alpha value is -0.810. The lowest BCUT2D eigenvalue weighted by molar-refractivity contribution is 0.635. The van der Waals surface area contributed by atoms with Gasteiger partial charge in [-0.3, -0.25) is 0 Å². The molecule has 13 heavy (non-hydrogen) atoms. The van der Waals surface area contributed by atoms with Crippen LogP contribution in [0.2, 0.25) is 0 Å². The Kier molecular flexibility index (Phi) is 3.50. The Labute approximate surface area is 82.1 Å². The van der Waals surface area contributed by atoms with Crippen LogP contribution in [0.5, 0.6) is 5.75 Å². The third-order valence-electron chi connectivity index (χ3n) is 2.05. The summed E-state index contributed by atoms with van der Waals surface area (Å²) in [6.45, 7) is 7.90. The van der Waals surface area contributed by atoms with Gasteiger partial charge < -0.3 is 4.52 Å². The molecule has 0 bridgehead atoms. The van der Waals surface area contributed by atoms with Gasteiger partial charge >= 0.3 is 0 Å². The highest BCUT2D eigenvalue weighted by Crippen LogP contribution is 2.26. The average molecular weight is 194 g/mol. The molecule has 1 unspecified atom stereocenters. The van der Waals surface area contributed by atoms with Crippen LogP contribution in [-0.4, -0.2) is 0 Å². The minimum Gasteiger partial charge on any atom is -0.480 e. The number of hydrogen-bond acceptors (Lipinski definition) is 1. The van der Waals surface area contributed by atoms with Crippen molar-refractivity contribution in [1.29, 1.82) is 0 Å². The first-order chi connectivity index (χ1) is 6.19. The minimum absolute atomic E-state index is 0.857. The second-order valence-electron chi connectivity index (χ2n) is 3.17. The van der Waals surface area contributed by atoms with Gasteiger partial charge in [-0.1, -0.05) is 12.1 Å². The van der Waals surface area contributed by atoms with E-state index in [9.17, 15) is 0 Å². The van der Waals surface area contributed by atoms with E-state index < -0.39 is 0 Å². The zero-order valence-electron chi connectivity index (χ0n) is 8.13. The van der Waals surface area contributed by atoms with Gasteiger partial charge in [0.25, 0.3) is 0 Å². The predicted octanol–water partition coefficient (Wildman–Crippen LogP) is 3.20. The van der Waals surface area contributed by atoms with Crippen LogP contribution >= 0.6 is 9.47 Å². The highest BCUT2D eigenvalue weighted by Gasteiger charge is 2.05. The van der Waals surface area contributed by atoms with E-state index in [4.69, 9.17) is 4.52 Å². The smallest absolute Gasteiger partial charge is 0.126 e. The van der Waals surface area contributed by atoms with Gasteiger partial charge in [0.15, 0.2) is 0 Å². The van der Waals surface area contributed by atoms with Crippen LogP contribution in [0.1, 0.15) is 16.7 Å². The van der Waals surface area contributed by atoms with E-state index in [-0.39, 0.29) is 0 Å². The van der Waals surface area contributed by atoms with Crippen molar-refractivity contribution >= 4 is 9.47 Å². The van der Waals surface area contributed by atoms with Gasteiger partial charge in [0.05, 0.1) is 9.47 Å². The van der Waals surface area contributed by atoms with Crippen LogP contribution < -0.4 is 4.52 Å². The summed E-state index contributed by atoms with van der Waals surface area (Å²) in [6, 6.07) is 4.20. The van der Waals surface area contributed by atoms with E-state index in [1.54, 1.807) is 0 Å². The predicted molar refractivity (Wildman–Crippen MR) is 60.2 cm³/mol. The summed E-state index contributed by atoms with van der Waals surface area (Å²) in [4.78, 5) is 0. The van der Waals surface area contributed by atoms with E-state index in [1.807, 2.05) is 12.1 Å². The Bertz CT molecular complexity index is 318. The lowest BCUT2D eigenvalue weighted by atomic mass is 10.0. The van der Waals surface area contributed by atoms with Gasteiger partial charge in [0.1, 0.15) is 5.75 Å². The molecule has 0 aliphatic rings. The molecule has 70 valence electrons. The third-order valence-corrected chi connectivity index (χ3v) is 2.31. The summed E-state index contributed by atoms with van der Waals surface area (Å²) in [7, 11) is 2.29. The fraction of sp³-hybridized carbons (Fsp3) is 0.273. The van der Waals surface area contributed by atoms with E-state index >= 15 is 0 Å². The molecule has 1 atom stereocenters. The number of rotatable bonds is 3. The summed E-state index contributed by atoms with van der Waals surface area (Å²) in [6.07, 6.45) is 2.75. The van der Waals surface area contributed by atoms with Crippen molar-refractivity contribution in [2.75, 3.05) is 0 Å². The number of benzene rings is 1. The zero-order chi connectivity index (χ0) is 9.84. The molecule has 1 aromatic rings. The van der Waals surface area contributed by atoms with Crippen molar-refractivity contribution in [3.63, 3.8) is 0 Å². The van der Waals surface area contributed by atoms with E-state index in [0.29, 0.717) is 0 Å². The minimum atomic E-state index is 0.857. The summed E-state index contributed by atoms with van der Waals surface area (Å²) < 4.78 is 5.23. The molecule has 0 spiro atoms. The quantitative estimate of drug-likeness (QED) is 0.530. The van der Waals surface area contributed by atoms with E-state index in [1.165, 1.54) is 16.7 Å². The lowest BCUT2D eigenvalue weighted by Gasteiger charge is -2.10. The molecule has 1 rings (SSSR count). The Morgan fingerprint density at radius 3 is 2.69 bits per heavy atom. The van der Waals surface area contributed by atoms with Gasteiger partial charge in [-0.25, -0.2) is 0 Å². The molecule has 0 saturated carbocycles. The first-order valence-electron chi connectivity index (χ1n) is 4.26. The van der Waals surface area contributed by atoms with Crippen LogP contribution in [0, 0.1) is 13.8 Å². The van der Waals surface area contributed by atoms with E-state index in [2.05, 4.69) is 36.0 Å². The van der Waals surface area contributed by atoms with Crippen molar-refractivity contribution in [2.24, 2.45) is 0 Å². The normalized spacial score (nSPS) is 9.77. The molecule has 0 saturated heterocycles. The second kappa shape index (κ2) is 4.43. The van der Waals surface area contributed by atoms with Crippen molar-refractivity contribution in [1.82, 2.24) is 0 Å². The molecule has 0 radical (unpaired) electrons. The van der Waals surface area contributed by atoms with Crippen LogP contribution in [0.25, 0.3) is 0 Å². The Morgan fingerprint density at radius 2 is 2.15 bits per heavy atom. The Morgan fingerprint density at radius 1 is 1.46 bits per heavy atom. The zero-order valence-corrected chi connectivity index (χ0v) is 9.29. The number of allylic oxidation sites excluding steroid dienone is 1. The molecule has 0 fully saturated rings. The standard InChI is InChI=1S/C11H15OP/c1-4-5-10-9(3)6-8(2)7-11(10)12-13/h4,6-7H,1,5,13H2,2-3H3. The fourth-order valence-corrected chi connectivity index (χ4v) is 1.68. The number of aryl methyl sites for hydroxylation is 2. The highest BCUT2D eigenvalue weighted by molar-refractivity contribution is 7.10. The lowest BCUT2D eigenvalue weighted by Crippen LogP contribution is -1.92. The Balaban J connectivity index is 3.20. The van der Waals surface area contributed by atoms with Crippen molar-refractivity contribution in [3.05, 3.63) is 41.5 Å². The molecule has 1 nitrogen and oxygen atoms in total. The molecule has 2 heteroatoms. The molecular formula is C11H15OP. The van der Waals surface area contributed by atoms with Crippen LogP contribution in [0.15, 0.2) is 24.8 Å². The molecule has 1 aromatic carbocycles. The first kappa shape index (κ1) is 10.3. The molecule has 0 amide bonds. The SMILES string of the molecule is C=CCc1c(C)cc(C)cc1OP. The summed E-state index contributed by atoms with van der Waals surface area (Å²) in [5, 5.41) is 0. The maximum absolute atomic E-state index is 5.23. The monoisotopic (exact) mass is 194 g/mol. The largest absolute Gasteiger partial charge is 0.480 e. The first-order valence-corrected chi connectivity index (χ1v) is 4.74. The summed E-state index contributed by atoms with van der Waals surface area (Å²) in [5.74, 6) is 0.933.